The van der Waals surface area contributed by atoms with Crippen LogP contribution < -0.4 is 0 Å². The van der Waals surface area contributed by atoms with Crippen LogP contribution in [-0.2, 0) is 0 Å². The van der Waals surface area contributed by atoms with Gasteiger partial charge in [0.2, 0.25) is 0 Å². The Balaban J connectivity index is 2.37. The van der Waals surface area contributed by atoms with Crippen molar-refractivity contribution in [1.82, 2.24) is 0 Å². The van der Waals surface area contributed by atoms with Crippen LogP contribution in [0.4, 0.5) is 0 Å². The van der Waals surface area contributed by atoms with Crippen LogP contribution in [0.25, 0.3) is 0 Å². The number of ketones is 1. The van der Waals surface area contributed by atoms with Crippen LogP contribution >= 0.6 is 38.9 Å². The first-order valence-corrected chi connectivity index (χ1v) is 6.32. The molecule has 0 bridgehead atoms. The Hall–Kier alpha value is -0.640. The van der Waals surface area contributed by atoms with E-state index in [-0.39, 0.29) is 5.78 Å². The summed E-state index contributed by atoms with van der Waals surface area (Å²) in [6.45, 7) is 0. The first-order valence-electron chi connectivity index (χ1n) is 4.20. The molecule has 0 radical (unpaired) electrons. The van der Waals surface area contributed by atoms with Gasteiger partial charge in [0.15, 0.2) is 5.78 Å². The maximum absolute atomic E-state index is 12.0. The van der Waals surface area contributed by atoms with Gasteiger partial charge in [0.1, 0.15) is 0 Å². The minimum Gasteiger partial charge on any atom is -0.289 e. The van der Waals surface area contributed by atoms with Crippen molar-refractivity contribution in [1.29, 1.82) is 0 Å². The first kappa shape index (κ1) is 10.9. The predicted octanol–water partition coefficient (Wildman–Crippen LogP) is 4.40. The third kappa shape index (κ3) is 2.30. The summed E-state index contributed by atoms with van der Waals surface area (Å²) in [6.07, 6.45) is 0. The third-order valence-corrected chi connectivity index (χ3v) is 3.92. The highest BCUT2D eigenvalue weighted by Gasteiger charge is 2.12. The number of carbonyl (C=O) groups is 1. The van der Waals surface area contributed by atoms with Gasteiger partial charge in [0, 0.05) is 31.4 Å². The number of rotatable bonds is 2. The van der Waals surface area contributed by atoms with E-state index in [4.69, 9.17) is 11.6 Å². The number of carbonyl (C=O) groups excluding carboxylic acids is 1. The van der Waals surface area contributed by atoms with Gasteiger partial charge in [-0.3, -0.25) is 4.79 Å². The van der Waals surface area contributed by atoms with E-state index in [0.717, 1.165) is 4.47 Å². The van der Waals surface area contributed by atoms with Crippen molar-refractivity contribution in [3.63, 3.8) is 0 Å². The zero-order valence-electron chi connectivity index (χ0n) is 7.54. The standard InChI is InChI=1S/C11H6BrClOS/c12-10-6-15-5-9(10)11(14)7-1-3-8(13)4-2-7/h1-6H. The lowest BCUT2D eigenvalue weighted by Gasteiger charge is -1.99. The molecule has 0 aliphatic carbocycles. The summed E-state index contributed by atoms with van der Waals surface area (Å²) in [5.41, 5.74) is 1.35. The fourth-order valence-electron chi connectivity index (χ4n) is 1.20. The molecular weight excluding hydrogens is 296 g/mol. The molecule has 2 aromatic rings. The molecule has 1 nitrogen and oxygen atoms in total. The van der Waals surface area contributed by atoms with Crippen LogP contribution in [-0.4, -0.2) is 5.78 Å². The van der Waals surface area contributed by atoms with Crippen molar-refractivity contribution >= 4 is 44.7 Å². The van der Waals surface area contributed by atoms with E-state index in [1.54, 1.807) is 24.3 Å². The van der Waals surface area contributed by atoms with Crippen LogP contribution in [0.15, 0.2) is 39.5 Å². The number of thiophene rings is 1. The molecule has 2 rings (SSSR count). The van der Waals surface area contributed by atoms with E-state index in [1.165, 1.54) is 11.3 Å². The number of benzene rings is 1. The fourth-order valence-corrected chi connectivity index (χ4v) is 2.78. The quantitative estimate of drug-likeness (QED) is 0.752. The van der Waals surface area contributed by atoms with E-state index in [0.29, 0.717) is 16.1 Å². The molecule has 1 heterocycles. The van der Waals surface area contributed by atoms with Crippen molar-refractivity contribution in [3.05, 3.63) is 55.6 Å². The topological polar surface area (TPSA) is 17.1 Å². The van der Waals surface area contributed by atoms with E-state index in [9.17, 15) is 4.79 Å². The second-order valence-corrected chi connectivity index (χ2v) is 5.00. The Bertz CT molecular complexity index is 490. The lowest BCUT2D eigenvalue weighted by Crippen LogP contribution is -1.99. The maximum Gasteiger partial charge on any atom is 0.194 e. The van der Waals surface area contributed by atoms with Crippen LogP contribution in [0.3, 0.4) is 0 Å². The van der Waals surface area contributed by atoms with Gasteiger partial charge in [0.25, 0.3) is 0 Å². The molecule has 0 amide bonds. The molecule has 15 heavy (non-hydrogen) atoms. The SMILES string of the molecule is O=C(c1ccc(Cl)cc1)c1cscc1Br. The zero-order chi connectivity index (χ0) is 10.8. The fraction of sp³-hybridized carbons (Fsp3) is 0. The van der Waals surface area contributed by atoms with E-state index in [1.807, 2.05) is 10.8 Å². The lowest BCUT2D eigenvalue weighted by atomic mass is 10.1. The highest BCUT2D eigenvalue weighted by atomic mass is 79.9. The lowest BCUT2D eigenvalue weighted by molar-refractivity contribution is 0.103. The number of hydrogen-bond acceptors (Lipinski definition) is 2. The average molecular weight is 302 g/mol. The molecule has 1 aromatic carbocycles. The second kappa shape index (κ2) is 4.47. The van der Waals surface area contributed by atoms with Gasteiger partial charge in [-0.2, -0.15) is 11.3 Å². The van der Waals surface area contributed by atoms with E-state index in [2.05, 4.69) is 15.9 Å². The molecule has 0 fully saturated rings. The van der Waals surface area contributed by atoms with E-state index >= 15 is 0 Å². The van der Waals surface area contributed by atoms with Crippen LogP contribution in [0.2, 0.25) is 5.02 Å². The number of halogens is 2. The van der Waals surface area contributed by atoms with Gasteiger partial charge in [-0.05, 0) is 40.2 Å². The summed E-state index contributed by atoms with van der Waals surface area (Å²) in [4.78, 5) is 12.0. The highest BCUT2D eigenvalue weighted by molar-refractivity contribution is 9.10. The molecule has 0 aliphatic heterocycles. The zero-order valence-corrected chi connectivity index (χ0v) is 10.7. The minimum atomic E-state index is 0.0137. The largest absolute Gasteiger partial charge is 0.289 e. The smallest absolute Gasteiger partial charge is 0.194 e. The Morgan fingerprint density at radius 2 is 1.87 bits per heavy atom. The van der Waals surface area contributed by atoms with E-state index < -0.39 is 0 Å². The third-order valence-electron chi connectivity index (χ3n) is 1.97. The normalized spacial score (nSPS) is 10.3. The van der Waals surface area contributed by atoms with Gasteiger partial charge < -0.3 is 0 Å². The summed E-state index contributed by atoms with van der Waals surface area (Å²) in [5, 5.41) is 4.36. The molecule has 0 N–H and O–H groups in total. The molecule has 4 heteroatoms. The van der Waals surface area contributed by atoms with Gasteiger partial charge in [-0.25, -0.2) is 0 Å². The highest BCUT2D eigenvalue weighted by Crippen LogP contribution is 2.24. The molecule has 0 unspecified atom stereocenters. The number of hydrogen-bond donors (Lipinski definition) is 0. The minimum absolute atomic E-state index is 0.0137. The molecule has 0 saturated heterocycles. The molecule has 0 atom stereocenters. The van der Waals surface area contributed by atoms with Crippen molar-refractivity contribution in [2.75, 3.05) is 0 Å². The van der Waals surface area contributed by atoms with Gasteiger partial charge in [-0.15, -0.1) is 0 Å². The van der Waals surface area contributed by atoms with Gasteiger partial charge >= 0.3 is 0 Å². The summed E-state index contributed by atoms with van der Waals surface area (Å²) >= 11 is 10.6. The molecule has 0 aliphatic rings. The Morgan fingerprint density at radius 3 is 2.40 bits per heavy atom. The molecule has 0 saturated carbocycles. The van der Waals surface area contributed by atoms with Crippen molar-refractivity contribution in [2.24, 2.45) is 0 Å². The Kier molecular flexibility index (Phi) is 3.24. The molecular formula is C11H6BrClOS. The Labute approximate surface area is 105 Å². The van der Waals surface area contributed by atoms with Crippen molar-refractivity contribution < 1.29 is 4.79 Å². The van der Waals surface area contributed by atoms with Crippen LogP contribution in [0.1, 0.15) is 15.9 Å². The average Bonchev–Trinajstić information content (AvgIpc) is 2.65. The van der Waals surface area contributed by atoms with Crippen LogP contribution in [0.5, 0.6) is 0 Å². The molecule has 1 aromatic heterocycles. The molecule has 0 spiro atoms. The Morgan fingerprint density at radius 1 is 1.20 bits per heavy atom. The summed E-state index contributed by atoms with van der Waals surface area (Å²) in [7, 11) is 0. The monoisotopic (exact) mass is 300 g/mol. The first-order chi connectivity index (χ1) is 7.18. The predicted molar refractivity (Wildman–Crippen MR) is 66.9 cm³/mol. The van der Waals surface area contributed by atoms with Crippen molar-refractivity contribution in [3.8, 4) is 0 Å². The summed E-state index contributed by atoms with van der Waals surface area (Å²) in [6, 6.07) is 6.90. The van der Waals surface area contributed by atoms with Gasteiger partial charge in [-0.1, -0.05) is 11.6 Å². The van der Waals surface area contributed by atoms with Crippen molar-refractivity contribution in [2.45, 2.75) is 0 Å². The second-order valence-electron chi connectivity index (χ2n) is 2.97. The van der Waals surface area contributed by atoms with Crippen LogP contribution in [0, 0.1) is 0 Å². The maximum atomic E-state index is 12.0. The van der Waals surface area contributed by atoms with Gasteiger partial charge in [0.05, 0.1) is 0 Å². The summed E-state index contributed by atoms with van der Waals surface area (Å²) in [5.74, 6) is 0.0137. The summed E-state index contributed by atoms with van der Waals surface area (Å²) < 4.78 is 0.840. The molecule has 76 valence electrons.